The number of nitrogens with one attached hydrogen (secondary N) is 2. The Balaban J connectivity index is 1.29. The minimum absolute atomic E-state index is 0.00979. The summed E-state index contributed by atoms with van der Waals surface area (Å²) >= 11 is 0. The summed E-state index contributed by atoms with van der Waals surface area (Å²) in [5.41, 5.74) is 1.20. The highest BCUT2D eigenvalue weighted by Crippen LogP contribution is 2.23. The number of anilines is 1. The van der Waals surface area contributed by atoms with Gasteiger partial charge in [-0.3, -0.25) is 9.59 Å². The summed E-state index contributed by atoms with van der Waals surface area (Å²) in [6.07, 6.45) is 4.78. The van der Waals surface area contributed by atoms with Gasteiger partial charge in [0.25, 0.3) is 0 Å². The van der Waals surface area contributed by atoms with Gasteiger partial charge in [0.2, 0.25) is 11.8 Å². The first-order chi connectivity index (χ1) is 12.7. The van der Waals surface area contributed by atoms with Crippen LogP contribution in [0.5, 0.6) is 0 Å². The van der Waals surface area contributed by atoms with E-state index >= 15 is 0 Å². The highest BCUT2D eigenvalue weighted by molar-refractivity contribution is 5.89. The number of benzene rings is 1. The SMILES string of the molecule is O=C1N[C@H]2CCCC[C@@H]2N[C@H]1CC(=O)N1CCN(c2ccccc2)CC1. The average Bonchev–Trinajstić information content (AvgIpc) is 2.69. The van der Waals surface area contributed by atoms with Crippen molar-refractivity contribution >= 4 is 17.5 Å². The van der Waals surface area contributed by atoms with E-state index in [-0.39, 0.29) is 30.3 Å². The lowest BCUT2D eigenvalue weighted by molar-refractivity contribution is -0.136. The fourth-order valence-corrected chi connectivity index (χ4v) is 4.43. The van der Waals surface area contributed by atoms with Crippen molar-refractivity contribution in [1.29, 1.82) is 0 Å². The molecule has 1 aromatic rings. The van der Waals surface area contributed by atoms with Crippen LogP contribution in [0.4, 0.5) is 5.69 Å². The van der Waals surface area contributed by atoms with E-state index in [1.807, 2.05) is 23.1 Å². The molecule has 6 heteroatoms. The second-order valence-corrected chi connectivity index (χ2v) is 7.63. The second kappa shape index (κ2) is 7.66. The Morgan fingerprint density at radius 2 is 1.69 bits per heavy atom. The summed E-state index contributed by atoms with van der Waals surface area (Å²) in [6.45, 7) is 3.11. The summed E-state index contributed by atoms with van der Waals surface area (Å²) in [7, 11) is 0. The smallest absolute Gasteiger partial charge is 0.237 e. The number of para-hydroxylation sites is 1. The maximum Gasteiger partial charge on any atom is 0.237 e. The minimum atomic E-state index is -0.381. The van der Waals surface area contributed by atoms with Gasteiger partial charge < -0.3 is 20.4 Å². The topological polar surface area (TPSA) is 64.7 Å². The van der Waals surface area contributed by atoms with Crippen LogP contribution in [0.25, 0.3) is 0 Å². The van der Waals surface area contributed by atoms with Crippen molar-refractivity contribution in [3.8, 4) is 0 Å². The van der Waals surface area contributed by atoms with E-state index in [2.05, 4.69) is 27.7 Å². The molecule has 1 saturated carbocycles. The molecule has 6 nitrogen and oxygen atoms in total. The van der Waals surface area contributed by atoms with Gasteiger partial charge in [-0.25, -0.2) is 0 Å². The maximum atomic E-state index is 12.7. The Morgan fingerprint density at radius 3 is 2.42 bits per heavy atom. The van der Waals surface area contributed by atoms with Gasteiger partial charge in [-0.15, -0.1) is 0 Å². The highest BCUT2D eigenvalue weighted by atomic mass is 16.2. The van der Waals surface area contributed by atoms with Crippen LogP contribution in [0.3, 0.4) is 0 Å². The molecule has 3 atom stereocenters. The van der Waals surface area contributed by atoms with Gasteiger partial charge in [0.15, 0.2) is 0 Å². The second-order valence-electron chi connectivity index (χ2n) is 7.63. The molecule has 2 saturated heterocycles. The normalized spacial score (nSPS) is 29.1. The number of hydrogen-bond donors (Lipinski definition) is 2. The van der Waals surface area contributed by atoms with Gasteiger partial charge in [0.05, 0.1) is 12.5 Å². The predicted molar refractivity (Wildman–Crippen MR) is 101 cm³/mol. The Morgan fingerprint density at radius 1 is 1.00 bits per heavy atom. The van der Waals surface area contributed by atoms with E-state index in [1.54, 1.807) is 0 Å². The first kappa shape index (κ1) is 17.3. The zero-order chi connectivity index (χ0) is 17.9. The van der Waals surface area contributed by atoms with Gasteiger partial charge in [-0.05, 0) is 25.0 Å². The van der Waals surface area contributed by atoms with E-state index < -0.39 is 0 Å². The fraction of sp³-hybridized carbons (Fsp3) is 0.600. The van der Waals surface area contributed by atoms with Crippen LogP contribution < -0.4 is 15.5 Å². The number of carbonyl (C=O) groups is 2. The maximum absolute atomic E-state index is 12.7. The molecule has 2 amide bonds. The highest BCUT2D eigenvalue weighted by Gasteiger charge is 2.37. The van der Waals surface area contributed by atoms with Crippen molar-refractivity contribution in [1.82, 2.24) is 15.5 Å². The lowest BCUT2D eigenvalue weighted by atomic mass is 9.87. The van der Waals surface area contributed by atoms with Crippen LogP contribution in [0, 0.1) is 0 Å². The number of fused-ring (bicyclic) bond motifs is 1. The molecule has 3 fully saturated rings. The summed E-state index contributed by atoms with van der Waals surface area (Å²) in [5.74, 6) is 0.0732. The summed E-state index contributed by atoms with van der Waals surface area (Å²) in [6, 6.07) is 10.5. The third kappa shape index (κ3) is 3.70. The van der Waals surface area contributed by atoms with Crippen molar-refractivity contribution < 1.29 is 9.59 Å². The molecule has 2 N–H and O–H groups in total. The first-order valence-corrected chi connectivity index (χ1v) is 9.85. The summed E-state index contributed by atoms with van der Waals surface area (Å²) in [5, 5.41) is 6.56. The molecule has 140 valence electrons. The van der Waals surface area contributed by atoms with Crippen LogP contribution in [0.1, 0.15) is 32.1 Å². The quantitative estimate of drug-likeness (QED) is 0.852. The standard InChI is InChI=1S/C20H28N4O2/c25-19(14-18-20(26)22-17-9-5-4-8-16(17)21-18)24-12-10-23(11-13-24)15-6-2-1-3-7-15/h1-3,6-7,16-18,21H,4-5,8-14H2,(H,22,26)/t16-,17-,18-/m0/s1. The molecule has 0 aromatic heterocycles. The molecular weight excluding hydrogens is 328 g/mol. The Bertz CT molecular complexity index is 642. The number of amides is 2. The Labute approximate surface area is 154 Å². The van der Waals surface area contributed by atoms with Crippen molar-refractivity contribution in [2.24, 2.45) is 0 Å². The van der Waals surface area contributed by atoms with E-state index in [9.17, 15) is 9.59 Å². The molecule has 26 heavy (non-hydrogen) atoms. The zero-order valence-electron chi connectivity index (χ0n) is 15.2. The molecule has 2 aliphatic heterocycles. The average molecular weight is 356 g/mol. The first-order valence-electron chi connectivity index (χ1n) is 9.85. The van der Waals surface area contributed by atoms with Crippen LogP contribution >= 0.6 is 0 Å². The lowest BCUT2D eigenvalue weighted by Crippen LogP contribution is -2.65. The monoisotopic (exact) mass is 356 g/mol. The fourth-order valence-electron chi connectivity index (χ4n) is 4.43. The molecule has 1 aromatic carbocycles. The van der Waals surface area contributed by atoms with Crippen LogP contribution in [-0.2, 0) is 9.59 Å². The third-order valence-corrected chi connectivity index (χ3v) is 5.96. The number of nitrogens with zero attached hydrogens (tertiary/aromatic N) is 2. The molecular formula is C20H28N4O2. The van der Waals surface area contributed by atoms with Gasteiger partial charge in [0.1, 0.15) is 0 Å². The lowest BCUT2D eigenvalue weighted by Gasteiger charge is -2.41. The molecule has 2 heterocycles. The van der Waals surface area contributed by atoms with Crippen molar-refractivity contribution in [2.75, 3.05) is 31.1 Å². The summed E-state index contributed by atoms with van der Waals surface area (Å²) < 4.78 is 0. The predicted octanol–water partition coefficient (Wildman–Crippen LogP) is 1.12. The summed E-state index contributed by atoms with van der Waals surface area (Å²) in [4.78, 5) is 29.3. The molecule has 0 bridgehead atoms. The molecule has 0 radical (unpaired) electrons. The molecule has 4 rings (SSSR count). The van der Waals surface area contributed by atoms with E-state index in [0.717, 1.165) is 25.9 Å². The van der Waals surface area contributed by atoms with Crippen molar-refractivity contribution in [2.45, 2.75) is 50.2 Å². The van der Waals surface area contributed by atoms with Crippen LogP contribution in [0.15, 0.2) is 30.3 Å². The van der Waals surface area contributed by atoms with Gasteiger partial charge in [-0.1, -0.05) is 31.0 Å². The number of piperazine rings is 2. The third-order valence-electron chi connectivity index (χ3n) is 5.96. The van der Waals surface area contributed by atoms with Crippen LogP contribution in [-0.4, -0.2) is 61.0 Å². The minimum Gasteiger partial charge on any atom is -0.368 e. The van der Waals surface area contributed by atoms with Gasteiger partial charge in [0, 0.05) is 44.0 Å². The number of hydrogen-bond acceptors (Lipinski definition) is 4. The largest absolute Gasteiger partial charge is 0.368 e. The number of carbonyl (C=O) groups excluding carboxylic acids is 2. The van der Waals surface area contributed by atoms with E-state index in [1.165, 1.54) is 18.5 Å². The zero-order valence-corrected chi connectivity index (χ0v) is 15.2. The van der Waals surface area contributed by atoms with Gasteiger partial charge in [-0.2, -0.15) is 0 Å². The van der Waals surface area contributed by atoms with E-state index in [4.69, 9.17) is 0 Å². The Kier molecular flexibility index (Phi) is 5.11. The molecule has 0 unspecified atom stereocenters. The van der Waals surface area contributed by atoms with E-state index in [0.29, 0.717) is 19.1 Å². The van der Waals surface area contributed by atoms with Crippen molar-refractivity contribution in [3.05, 3.63) is 30.3 Å². The van der Waals surface area contributed by atoms with Crippen LogP contribution in [0.2, 0.25) is 0 Å². The van der Waals surface area contributed by atoms with Crippen molar-refractivity contribution in [3.63, 3.8) is 0 Å². The van der Waals surface area contributed by atoms with Gasteiger partial charge >= 0.3 is 0 Å². The number of rotatable bonds is 3. The molecule has 1 aliphatic carbocycles. The molecule has 0 spiro atoms. The Hall–Kier alpha value is -2.08. The molecule has 3 aliphatic rings.